The Kier molecular flexibility index (Phi) is 4.72. The van der Waals surface area contributed by atoms with Gasteiger partial charge in [-0.2, -0.15) is 0 Å². The maximum Gasteiger partial charge on any atom is 0.255 e. The van der Waals surface area contributed by atoms with Gasteiger partial charge >= 0.3 is 0 Å². The number of pyridine rings is 1. The van der Waals surface area contributed by atoms with E-state index in [-0.39, 0.29) is 18.3 Å². The number of rotatable bonds is 1. The molecule has 1 N–H and O–H groups in total. The van der Waals surface area contributed by atoms with Crippen molar-refractivity contribution < 1.29 is 4.79 Å². The van der Waals surface area contributed by atoms with Gasteiger partial charge in [0.25, 0.3) is 5.91 Å². The first-order valence-electron chi connectivity index (χ1n) is 7.32. The van der Waals surface area contributed by atoms with E-state index in [0.717, 1.165) is 28.7 Å². The molecule has 3 aromatic rings. The summed E-state index contributed by atoms with van der Waals surface area (Å²) in [5, 5.41) is 2.05. The number of aromatic nitrogens is 2. The Balaban J connectivity index is 0.00000169. The fraction of sp³-hybridized carbons (Fsp3) is 0.176. The number of benzene rings is 1. The van der Waals surface area contributed by atoms with Gasteiger partial charge < -0.3 is 9.88 Å². The number of amides is 1. The highest BCUT2D eigenvalue weighted by Crippen LogP contribution is 2.29. The molecule has 3 heterocycles. The zero-order valence-corrected chi connectivity index (χ0v) is 14.9. The van der Waals surface area contributed by atoms with Crippen molar-refractivity contribution >= 4 is 52.5 Å². The Labute approximate surface area is 155 Å². The fourth-order valence-corrected chi connectivity index (χ4v) is 3.41. The SMILES string of the molecule is Cl.O=C(c1ccccc1Cl)N1CCc2[nH]c3ncc(Cl)cc3c2C1. The molecular weight excluding hydrogens is 369 g/mol. The molecule has 2 aromatic heterocycles. The van der Waals surface area contributed by atoms with Crippen molar-refractivity contribution in [2.24, 2.45) is 0 Å². The smallest absolute Gasteiger partial charge is 0.255 e. The Hall–Kier alpha value is -1.75. The highest BCUT2D eigenvalue weighted by Gasteiger charge is 2.26. The van der Waals surface area contributed by atoms with E-state index in [9.17, 15) is 4.79 Å². The molecule has 0 saturated carbocycles. The summed E-state index contributed by atoms with van der Waals surface area (Å²) >= 11 is 12.2. The summed E-state index contributed by atoms with van der Waals surface area (Å²) in [6.07, 6.45) is 2.39. The third kappa shape index (κ3) is 2.86. The van der Waals surface area contributed by atoms with E-state index in [1.807, 2.05) is 23.1 Å². The summed E-state index contributed by atoms with van der Waals surface area (Å²) in [5.41, 5.74) is 3.56. The van der Waals surface area contributed by atoms with Crippen molar-refractivity contribution in [1.82, 2.24) is 14.9 Å². The summed E-state index contributed by atoms with van der Waals surface area (Å²) in [4.78, 5) is 22.2. The van der Waals surface area contributed by atoms with E-state index >= 15 is 0 Å². The first kappa shape index (κ1) is 17.1. The zero-order chi connectivity index (χ0) is 16.0. The number of nitrogens with zero attached hydrogens (tertiary/aromatic N) is 2. The Bertz CT molecular complexity index is 923. The summed E-state index contributed by atoms with van der Waals surface area (Å²) < 4.78 is 0. The molecule has 4 rings (SSSR count). The molecule has 0 fully saturated rings. The molecule has 0 unspecified atom stereocenters. The lowest BCUT2D eigenvalue weighted by molar-refractivity contribution is 0.0735. The minimum absolute atomic E-state index is 0. The predicted molar refractivity (Wildman–Crippen MR) is 98.2 cm³/mol. The van der Waals surface area contributed by atoms with Gasteiger partial charge in [0.2, 0.25) is 0 Å². The average molecular weight is 383 g/mol. The van der Waals surface area contributed by atoms with Crippen molar-refractivity contribution in [3.8, 4) is 0 Å². The van der Waals surface area contributed by atoms with E-state index in [1.165, 1.54) is 0 Å². The molecule has 7 heteroatoms. The molecule has 1 aliphatic heterocycles. The van der Waals surface area contributed by atoms with Gasteiger partial charge in [-0.1, -0.05) is 35.3 Å². The van der Waals surface area contributed by atoms with Crippen LogP contribution < -0.4 is 0 Å². The fourth-order valence-electron chi connectivity index (χ4n) is 3.04. The molecule has 1 aliphatic rings. The lowest BCUT2D eigenvalue weighted by Gasteiger charge is -2.27. The number of carbonyl (C=O) groups excluding carboxylic acids is 1. The van der Waals surface area contributed by atoms with Gasteiger partial charge in [0, 0.05) is 42.4 Å². The molecule has 1 amide bonds. The summed E-state index contributed by atoms with van der Waals surface area (Å²) in [6, 6.07) is 9.03. The molecule has 1 aromatic carbocycles. The second-order valence-electron chi connectivity index (χ2n) is 5.59. The summed E-state index contributed by atoms with van der Waals surface area (Å²) in [7, 11) is 0. The van der Waals surface area contributed by atoms with Crippen LogP contribution in [0.3, 0.4) is 0 Å². The van der Waals surface area contributed by atoms with Gasteiger partial charge in [0.1, 0.15) is 5.65 Å². The van der Waals surface area contributed by atoms with Gasteiger partial charge in [0.15, 0.2) is 0 Å². The first-order chi connectivity index (χ1) is 11.1. The number of carbonyl (C=O) groups is 1. The normalized spacial score (nSPS) is 13.5. The minimum Gasteiger partial charge on any atom is -0.343 e. The molecule has 0 bridgehead atoms. The van der Waals surface area contributed by atoms with Gasteiger partial charge in [0.05, 0.1) is 15.6 Å². The second-order valence-corrected chi connectivity index (χ2v) is 6.43. The van der Waals surface area contributed by atoms with Crippen LogP contribution in [0.2, 0.25) is 10.0 Å². The van der Waals surface area contributed by atoms with E-state index in [1.54, 1.807) is 18.3 Å². The van der Waals surface area contributed by atoms with Crippen molar-refractivity contribution in [2.45, 2.75) is 13.0 Å². The van der Waals surface area contributed by atoms with E-state index in [0.29, 0.717) is 28.7 Å². The molecule has 0 aliphatic carbocycles. The lowest BCUT2D eigenvalue weighted by Crippen LogP contribution is -2.35. The van der Waals surface area contributed by atoms with E-state index < -0.39 is 0 Å². The van der Waals surface area contributed by atoms with Crippen LogP contribution in [0.25, 0.3) is 11.0 Å². The number of fused-ring (bicyclic) bond motifs is 3. The second kappa shape index (κ2) is 6.63. The van der Waals surface area contributed by atoms with Crippen LogP contribution in [0.4, 0.5) is 0 Å². The van der Waals surface area contributed by atoms with Crippen LogP contribution in [0.1, 0.15) is 21.6 Å². The number of halogens is 3. The number of aromatic amines is 1. The molecule has 0 saturated heterocycles. The Morgan fingerprint density at radius 1 is 1.25 bits per heavy atom. The van der Waals surface area contributed by atoms with Gasteiger partial charge in [-0.3, -0.25) is 4.79 Å². The van der Waals surface area contributed by atoms with E-state index in [2.05, 4.69) is 9.97 Å². The third-order valence-electron chi connectivity index (χ3n) is 4.19. The largest absolute Gasteiger partial charge is 0.343 e. The third-order valence-corrected chi connectivity index (χ3v) is 4.72. The highest BCUT2D eigenvalue weighted by atomic mass is 35.5. The number of nitrogens with one attached hydrogen (secondary N) is 1. The topological polar surface area (TPSA) is 49.0 Å². The zero-order valence-electron chi connectivity index (χ0n) is 12.6. The first-order valence-corrected chi connectivity index (χ1v) is 8.08. The number of H-pyrrole nitrogens is 1. The lowest BCUT2D eigenvalue weighted by atomic mass is 10.0. The van der Waals surface area contributed by atoms with Crippen LogP contribution >= 0.6 is 35.6 Å². The monoisotopic (exact) mass is 381 g/mol. The van der Waals surface area contributed by atoms with Crippen molar-refractivity contribution in [3.05, 3.63) is 63.4 Å². The molecule has 4 nitrogen and oxygen atoms in total. The van der Waals surface area contributed by atoms with Crippen LogP contribution in [0.15, 0.2) is 36.5 Å². The predicted octanol–water partition coefficient (Wildman–Crippen LogP) is 4.49. The van der Waals surface area contributed by atoms with Crippen molar-refractivity contribution in [1.29, 1.82) is 0 Å². The van der Waals surface area contributed by atoms with Crippen LogP contribution in [0.5, 0.6) is 0 Å². The highest BCUT2D eigenvalue weighted by molar-refractivity contribution is 6.33. The van der Waals surface area contributed by atoms with Gasteiger partial charge in [-0.05, 0) is 18.2 Å². The Morgan fingerprint density at radius 2 is 2.04 bits per heavy atom. The van der Waals surface area contributed by atoms with Crippen LogP contribution in [-0.4, -0.2) is 27.3 Å². The maximum atomic E-state index is 12.7. The van der Waals surface area contributed by atoms with Crippen molar-refractivity contribution in [3.63, 3.8) is 0 Å². The van der Waals surface area contributed by atoms with Crippen LogP contribution in [-0.2, 0) is 13.0 Å². The minimum atomic E-state index is -0.0504. The molecule has 0 atom stereocenters. The number of hydrogen-bond acceptors (Lipinski definition) is 2. The molecule has 0 radical (unpaired) electrons. The van der Waals surface area contributed by atoms with Crippen molar-refractivity contribution in [2.75, 3.05) is 6.54 Å². The average Bonchev–Trinajstić information content (AvgIpc) is 2.92. The van der Waals surface area contributed by atoms with Gasteiger partial charge in [-0.15, -0.1) is 12.4 Å². The summed E-state index contributed by atoms with van der Waals surface area (Å²) in [6.45, 7) is 1.18. The molecule has 0 spiro atoms. The standard InChI is InChI=1S/C17H13Cl2N3O.ClH/c18-10-7-12-13-9-22(6-5-15(13)21-16(12)20-8-10)17(23)11-3-1-2-4-14(11)19;/h1-4,7-8H,5-6,9H2,(H,20,21);1H. The van der Waals surface area contributed by atoms with E-state index in [4.69, 9.17) is 23.2 Å². The maximum absolute atomic E-state index is 12.7. The van der Waals surface area contributed by atoms with Gasteiger partial charge in [-0.25, -0.2) is 4.98 Å². The molecular formula is C17H14Cl3N3O. The Morgan fingerprint density at radius 3 is 2.83 bits per heavy atom. The number of hydrogen-bond donors (Lipinski definition) is 1. The molecule has 124 valence electrons. The summed E-state index contributed by atoms with van der Waals surface area (Å²) in [5.74, 6) is -0.0504. The van der Waals surface area contributed by atoms with Crippen LogP contribution in [0, 0.1) is 0 Å². The quantitative estimate of drug-likeness (QED) is 0.674. The molecule has 24 heavy (non-hydrogen) atoms.